The number of ether oxygens (including phenoxy) is 1. The highest BCUT2D eigenvalue weighted by molar-refractivity contribution is 5.67. The Morgan fingerprint density at radius 2 is 2.11 bits per heavy atom. The molecule has 2 nitrogen and oxygen atoms in total. The van der Waals surface area contributed by atoms with Gasteiger partial charge in [0.2, 0.25) is 0 Å². The summed E-state index contributed by atoms with van der Waals surface area (Å²) in [7, 11) is 0. The molecule has 1 unspecified atom stereocenters. The zero-order chi connectivity index (χ0) is 13.0. The third-order valence-corrected chi connectivity index (χ3v) is 3.10. The van der Waals surface area contributed by atoms with E-state index in [1.807, 2.05) is 12.1 Å². The van der Waals surface area contributed by atoms with E-state index in [-0.39, 0.29) is 0 Å². The zero-order valence-corrected chi connectivity index (χ0v) is 10.8. The summed E-state index contributed by atoms with van der Waals surface area (Å²) >= 11 is 0. The maximum Gasteiger partial charge on any atom is 0.119 e. The van der Waals surface area contributed by atoms with Gasteiger partial charge in [-0.25, -0.2) is 0 Å². The summed E-state index contributed by atoms with van der Waals surface area (Å²) in [6, 6.07) is 8.06. The average molecular weight is 241 g/mol. The van der Waals surface area contributed by atoms with Crippen molar-refractivity contribution in [2.24, 2.45) is 5.92 Å². The van der Waals surface area contributed by atoms with Crippen LogP contribution >= 0.6 is 0 Å². The van der Waals surface area contributed by atoms with E-state index in [1.54, 1.807) is 6.08 Å². The lowest BCUT2D eigenvalue weighted by atomic mass is 9.97. The second-order valence-electron chi connectivity index (χ2n) is 4.53. The van der Waals surface area contributed by atoms with E-state index < -0.39 is 0 Å². The van der Waals surface area contributed by atoms with Crippen LogP contribution in [0, 0.1) is 5.92 Å². The van der Waals surface area contributed by atoms with Crippen molar-refractivity contribution in [1.82, 2.24) is 5.32 Å². The molecule has 1 heterocycles. The molecule has 0 aromatic heterocycles. The molecule has 0 fully saturated rings. The summed E-state index contributed by atoms with van der Waals surface area (Å²) in [4.78, 5) is 0. The van der Waals surface area contributed by atoms with Crippen molar-refractivity contribution in [3.8, 4) is 5.75 Å². The molecule has 0 aliphatic carbocycles. The highest BCUT2D eigenvalue weighted by Gasteiger charge is 2.14. The van der Waals surface area contributed by atoms with Gasteiger partial charge in [0, 0.05) is 11.4 Å². The number of allylic oxidation sites excluding steroid dienone is 2. The number of hydrogen-bond acceptors (Lipinski definition) is 2. The minimum Gasteiger partial charge on any atom is -0.490 e. The highest BCUT2D eigenvalue weighted by Crippen LogP contribution is 2.25. The van der Waals surface area contributed by atoms with Crippen molar-refractivity contribution in [3.05, 3.63) is 60.8 Å². The van der Waals surface area contributed by atoms with E-state index in [1.165, 1.54) is 0 Å². The third-order valence-electron chi connectivity index (χ3n) is 3.10. The maximum atomic E-state index is 5.46. The van der Waals surface area contributed by atoms with Crippen LogP contribution in [-0.2, 0) is 0 Å². The highest BCUT2D eigenvalue weighted by atomic mass is 16.5. The molecule has 94 valence electrons. The first kappa shape index (κ1) is 12.5. The lowest BCUT2D eigenvalue weighted by Crippen LogP contribution is -2.20. The molecule has 0 spiro atoms. The van der Waals surface area contributed by atoms with Crippen molar-refractivity contribution in [2.75, 3.05) is 6.61 Å². The third kappa shape index (κ3) is 2.83. The van der Waals surface area contributed by atoms with Crippen LogP contribution in [0.2, 0.25) is 0 Å². The summed E-state index contributed by atoms with van der Waals surface area (Å²) in [6.07, 6.45) is 5.00. The van der Waals surface area contributed by atoms with Gasteiger partial charge in [-0.1, -0.05) is 32.2 Å². The van der Waals surface area contributed by atoms with Gasteiger partial charge in [0.1, 0.15) is 12.4 Å². The Kier molecular flexibility index (Phi) is 3.88. The Morgan fingerprint density at radius 3 is 2.72 bits per heavy atom. The van der Waals surface area contributed by atoms with Crippen LogP contribution in [0.4, 0.5) is 0 Å². The van der Waals surface area contributed by atoms with Crippen LogP contribution in [0.15, 0.2) is 55.3 Å². The van der Waals surface area contributed by atoms with Gasteiger partial charge in [0.05, 0.1) is 0 Å². The average Bonchev–Trinajstić information content (AvgIpc) is 2.40. The second-order valence-corrected chi connectivity index (χ2v) is 4.53. The van der Waals surface area contributed by atoms with Crippen LogP contribution in [0.3, 0.4) is 0 Å². The molecular formula is C16H19NO. The lowest BCUT2D eigenvalue weighted by Gasteiger charge is -2.23. The summed E-state index contributed by atoms with van der Waals surface area (Å²) in [6.45, 7) is 10.4. The molecule has 0 saturated heterocycles. The first-order valence-electron chi connectivity index (χ1n) is 6.21. The Labute approximate surface area is 109 Å². The molecule has 2 heteroatoms. The predicted molar refractivity (Wildman–Crippen MR) is 76.2 cm³/mol. The molecule has 1 atom stereocenters. The van der Waals surface area contributed by atoms with Crippen molar-refractivity contribution in [2.45, 2.75) is 13.3 Å². The molecule has 0 saturated carbocycles. The van der Waals surface area contributed by atoms with E-state index in [0.717, 1.165) is 29.1 Å². The van der Waals surface area contributed by atoms with Crippen LogP contribution < -0.4 is 10.1 Å². The van der Waals surface area contributed by atoms with Crippen LogP contribution in [0.25, 0.3) is 5.70 Å². The van der Waals surface area contributed by atoms with Crippen molar-refractivity contribution in [1.29, 1.82) is 0 Å². The lowest BCUT2D eigenvalue weighted by molar-refractivity contribution is 0.363. The van der Waals surface area contributed by atoms with Gasteiger partial charge in [-0.05, 0) is 42.2 Å². The van der Waals surface area contributed by atoms with E-state index >= 15 is 0 Å². The maximum absolute atomic E-state index is 5.46. The fourth-order valence-corrected chi connectivity index (χ4v) is 1.86. The molecule has 1 aliphatic rings. The number of benzene rings is 1. The monoisotopic (exact) mass is 241 g/mol. The smallest absolute Gasteiger partial charge is 0.119 e. The fraction of sp³-hybridized carbons (Fsp3) is 0.250. The minimum atomic E-state index is 0.504. The van der Waals surface area contributed by atoms with Crippen molar-refractivity contribution < 1.29 is 4.74 Å². The van der Waals surface area contributed by atoms with Crippen molar-refractivity contribution in [3.63, 3.8) is 0 Å². The number of rotatable bonds is 4. The van der Waals surface area contributed by atoms with Crippen molar-refractivity contribution >= 4 is 5.70 Å². The van der Waals surface area contributed by atoms with E-state index in [2.05, 4.69) is 43.6 Å². The molecule has 0 radical (unpaired) electrons. The Bertz CT molecular complexity index is 470. The molecular weight excluding hydrogens is 222 g/mol. The Balaban J connectivity index is 2.10. The molecule has 2 rings (SSSR count). The topological polar surface area (TPSA) is 21.3 Å². The first-order chi connectivity index (χ1) is 8.70. The van der Waals surface area contributed by atoms with Gasteiger partial charge in [-0.3, -0.25) is 0 Å². The Morgan fingerprint density at radius 1 is 1.39 bits per heavy atom. The quantitative estimate of drug-likeness (QED) is 0.811. The molecule has 0 amide bonds. The van der Waals surface area contributed by atoms with E-state index in [0.29, 0.717) is 12.5 Å². The largest absolute Gasteiger partial charge is 0.490 e. The van der Waals surface area contributed by atoms with Gasteiger partial charge in [0.15, 0.2) is 0 Å². The van der Waals surface area contributed by atoms with Crippen LogP contribution in [0.1, 0.15) is 18.9 Å². The number of nitrogens with one attached hydrogen (secondary N) is 1. The second kappa shape index (κ2) is 5.58. The van der Waals surface area contributed by atoms with Gasteiger partial charge >= 0.3 is 0 Å². The first-order valence-corrected chi connectivity index (χ1v) is 6.21. The summed E-state index contributed by atoms with van der Waals surface area (Å²) in [5, 5.41) is 3.35. The summed E-state index contributed by atoms with van der Waals surface area (Å²) in [5.41, 5.74) is 3.38. The normalized spacial score (nSPS) is 18.8. The van der Waals surface area contributed by atoms with Gasteiger partial charge in [-0.2, -0.15) is 0 Å². The van der Waals surface area contributed by atoms with Gasteiger partial charge in [0.25, 0.3) is 0 Å². The predicted octanol–water partition coefficient (Wildman–Crippen LogP) is 3.74. The van der Waals surface area contributed by atoms with Gasteiger partial charge in [-0.15, -0.1) is 0 Å². The molecule has 18 heavy (non-hydrogen) atoms. The molecule has 1 N–H and O–H groups in total. The summed E-state index contributed by atoms with van der Waals surface area (Å²) in [5.74, 6) is 1.37. The van der Waals surface area contributed by atoms with E-state index in [9.17, 15) is 0 Å². The fourth-order valence-electron chi connectivity index (χ4n) is 1.86. The van der Waals surface area contributed by atoms with E-state index in [4.69, 9.17) is 4.74 Å². The SMILES string of the molecule is C=CCOc1ccc(C2=CCC(C)C(=C)N2)cc1. The number of hydrogen-bond donors (Lipinski definition) is 1. The Hall–Kier alpha value is -1.96. The van der Waals surface area contributed by atoms with Gasteiger partial charge < -0.3 is 10.1 Å². The summed E-state index contributed by atoms with van der Waals surface area (Å²) < 4.78 is 5.46. The standard InChI is InChI=1S/C16H19NO/c1-4-11-18-15-8-6-14(7-9-15)16-10-5-12(2)13(3)17-16/h4,6-10,12,17H,1,3,5,11H2,2H3. The molecule has 1 aromatic rings. The molecule has 0 bridgehead atoms. The zero-order valence-electron chi connectivity index (χ0n) is 10.8. The minimum absolute atomic E-state index is 0.504. The van der Waals surface area contributed by atoms with Crippen LogP contribution in [0.5, 0.6) is 5.75 Å². The molecule has 1 aromatic carbocycles. The molecule has 1 aliphatic heterocycles. The van der Waals surface area contributed by atoms with Crippen LogP contribution in [-0.4, -0.2) is 6.61 Å².